The molecule has 0 fully saturated rings. The van der Waals surface area contributed by atoms with E-state index < -0.39 is 17.0 Å². The summed E-state index contributed by atoms with van der Waals surface area (Å²) in [4.78, 5) is 34.8. The number of urea groups is 1. The highest BCUT2D eigenvalue weighted by atomic mass is 16.3. The van der Waals surface area contributed by atoms with Gasteiger partial charge in [0, 0.05) is 18.5 Å². The van der Waals surface area contributed by atoms with E-state index in [4.69, 9.17) is 0 Å². The lowest BCUT2D eigenvalue weighted by molar-refractivity contribution is 0.251. The molecule has 1 aromatic heterocycles. The van der Waals surface area contributed by atoms with Crippen molar-refractivity contribution in [2.75, 3.05) is 12.5 Å². The number of aromatic hydroxyl groups is 1. The number of amides is 2. The first kappa shape index (κ1) is 12.6. The van der Waals surface area contributed by atoms with Gasteiger partial charge < -0.3 is 10.4 Å². The molecule has 0 aliphatic rings. The van der Waals surface area contributed by atoms with Gasteiger partial charge in [0.25, 0.3) is 0 Å². The van der Waals surface area contributed by atoms with E-state index >= 15 is 0 Å². The van der Waals surface area contributed by atoms with Gasteiger partial charge in [-0.25, -0.2) is 14.9 Å². The van der Waals surface area contributed by atoms with Crippen molar-refractivity contribution in [3.8, 4) is 5.75 Å². The molecule has 1 aromatic carbocycles. The number of nitrogens with zero attached hydrogens (tertiary/aromatic N) is 1. The van der Waals surface area contributed by atoms with Crippen molar-refractivity contribution in [3.63, 3.8) is 0 Å². The maximum Gasteiger partial charge on any atom is 0.333 e. The van der Waals surface area contributed by atoms with Crippen LogP contribution in [0, 0.1) is 0 Å². The summed E-state index contributed by atoms with van der Waals surface area (Å²) in [6.45, 7) is 0. The van der Waals surface area contributed by atoms with Crippen LogP contribution in [0.25, 0.3) is 10.9 Å². The molecule has 98 valence electrons. The van der Waals surface area contributed by atoms with Crippen LogP contribution in [-0.4, -0.2) is 22.9 Å². The van der Waals surface area contributed by atoms with E-state index in [2.05, 4.69) is 10.7 Å². The third-order valence-corrected chi connectivity index (χ3v) is 2.54. The van der Waals surface area contributed by atoms with E-state index in [1.807, 2.05) is 0 Å². The summed E-state index contributed by atoms with van der Waals surface area (Å²) in [5.41, 5.74) is 0.568. The molecule has 0 bridgehead atoms. The van der Waals surface area contributed by atoms with Crippen molar-refractivity contribution in [1.29, 1.82) is 0 Å². The van der Waals surface area contributed by atoms with Crippen molar-refractivity contribution in [3.05, 3.63) is 50.9 Å². The Hall–Kier alpha value is -2.83. The third kappa shape index (κ3) is 2.25. The lowest BCUT2D eigenvalue weighted by Crippen LogP contribution is -2.41. The number of fused-ring (bicyclic) bond motifs is 1. The Morgan fingerprint density at radius 3 is 2.63 bits per heavy atom. The van der Waals surface area contributed by atoms with Crippen LogP contribution in [0.5, 0.6) is 5.75 Å². The smallest absolute Gasteiger partial charge is 0.333 e. The predicted octanol–water partition coefficient (Wildman–Crippen LogP) is -0.0498. The highest BCUT2D eigenvalue weighted by molar-refractivity contribution is 5.88. The fourth-order valence-electron chi connectivity index (χ4n) is 1.64. The van der Waals surface area contributed by atoms with Crippen LogP contribution in [0.4, 0.5) is 4.79 Å². The minimum Gasteiger partial charge on any atom is -0.507 e. The van der Waals surface area contributed by atoms with E-state index in [1.165, 1.54) is 19.2 Å². The number of benzene rings is 1. The first-order valence-electron chi connectivity index (χ1n) is 5.41. The molecule has 0 aliphatic heterocycles. The summed E-state index contributed by atoms with van der Waals surface area (Å²) in [6.07, 6.45) is 0. The average molecular weight is 261 g/mol. The van der Waals surface area contributed by atoms with Gasteiger partial charge in [-0.3, -0.25) is 9.59 Å². The maximum atomic E-state index is 11.9. The number of hydrogen-bond donors (Lipinski definition) is 3. The Labute approximate surface area is 107 Å². The molecule has 0 saturated carbocycles. The summed E-state index contributed by atoms with van der Waals surface area (Å²) in [7, 11) is 1.38. The van der Waals surface area contributed by atoms with Crippen molar-refractivity contribution in [2.45, 2.75) is 0 Å². The van der Waals surface area contributed by atoms with Gasteiger partial charge in [-0.1, -0.05) is 12.1 Å². The zero-order chi connectivity index (χ0) is 14.0. The number of hydrogen-bond acceptors (Lipinski definition) is 4. The molecule has 0 aliphatic carbocycles. The highest BCUT2D eigenvalue weighted by Crippen LogP contribution is 2.19. The second-order valence-corrected chi connectivity index (χ2v) is 3.74. The van der Waals surface area contributed by atoms with Gasteiger partial charge in [-0.2, -0.15) is 0 Å². The molecule has 0 spiro atoms. The first-order valence-corrected chi connectivity index (χ1v) is 5.41. The Bertz CT molecular complexity index is 767. The molecule has 3 N–H and O–H groups in total. The molecule has 2 amide bonds. The van der Waals surface area contributed by atoms with Gasteiger partial charge in [0.15, 0.2) is 0 Å². The second-order valence-electron chi connectivity index (χ2n) is 3.74. The average Bonchev–Trinajstić information content (AvgIpc) is 2.50. The minimum absolute atomic E-state index is 0.218. The maximum absolute atomic E-state index is 11.9. The molecule has 1 heterocycles. The lowest BCUT2D eigenvalue weighted by atomic mass is 10.2. The Balaban J connectivity index is 2.92. The Kier molecular flexibility index (Phi) is 3.19. The van der Waals surface area contributed by atoms with Crippen molar-refractivity contribution in [2.24, 2.45) is 0 Å². The molecule has 0 saturated heterocycles. The highest BCUT2D eigenvalue weighted by Gasteiger charge is 2.09. The molecule has 19 heavy (non-hydrogen) atoms. The first-order chi connectivity index (χ1) is 9.04. The Morgan fingerprint density at radius 1 is 1.26 bits per heavy atom. The van der Waals surface area contributed by atoms with Gasteiger partial charge in [0.2, 0.25) is 5.43 Å². The van der Waals surface area contributed by atoms with E-state index in [0.717, 1.165) is 10.7 Å². The standard InChI is InChI=1S/C12H11N3O4/c1-13-12(19)14-15-8-5-3-2-4-7(8)9(16)6-10(17)11(15)18/h2-6,16H,1H3,(H2,13,14,19). The van der Waals surface area contributed by atoms with Crippen LogP contribution in [0.3, 0.4) is 0 Å². The predicted molar refractivity (Wildman–Crippen MR) is 70.0 cm³/mol. The molecule has 2 aromatic rings. The molecule has 2 rings (SSSR count). The number of nitrogens with one attached hydrogen (secondary N) is 2. The number of carbonyl (C=O) groups is 1. The van der Waals surface area contributed by atoms with Crippen molar-refractivity contribution >= 4 is 16.9 Å². The zero-order valence-electron chi connectivity index (χ0n) is 10.0. The molecule has 0 atom stereocenters. The van der Waals surface area contributed by atoms with E-state index in [9.17, 15) is 19.5 Å². The fraction of sp³-hybridized carbons (Fsp3) is 0.0833. The number of para-hydroxylation sites is 1. The lowest BCUT2D eigenvalue weighted by Gasteiger charge is -2.07. The third-order valence-electron chi connectivity index (χ3n) is 2.54. The SMILES string of the molecule is CNC(=O)Nn1c(=O)c(=O)cc(O)c2ccccc21. The zero-order valence-corrected chi connectivity index (χ0v) is 10.0. The summed E-state index contributed by atoms with van der Waals surface area (Å²) in [5, 5.41) is 12.3. The van der Waals surface area contributed by atoms with Crippen LogP contribution in [0.1, 0.15) is 0 Å². The van der Waals surface area contributed by atoms with Gasteiger partial charge in [-0.15, -0.1) is 0 Å². The van der Waals surface area contributed by atoms with Crippen LogP contribution >= 0.6 is 0 Å². The largest absolute Gasteiger partial charge is 0.507 e. The molecule has 7 nitrogen and oxygen atoms in total. The molecular weight excluding hydrogens is 250 g/mol. The molecule has 0 unspecified atom stereocenters. The summed E-state index contributed by atoms with van der Waals surface area (Å²) in [5.74, 6) is -0.324. The van der Waals surface area contributed by atoms with E-state index in [1.54, 1.807) is 12.1 Å². The normalized spacial score (nSPS) is 10.2. The van der Waals surface area contributed by atoms with Crippen molar-refractivity contribution < 1.29 is 9.90 Å². The summed E-state index contributed by atoms with van der Waals surface area (Å²) in [6, 6.07) is 6.47. The molecular formula is C12H11N3O4. The van der Waals surface area contributed by atoms with E-state index in [0.29, 0.717) is 0 Å². The van der Waals surface area contributed by atoms with Crippen molar-refractivity contribution in [1.82, 2.24) is 9.99 Å². The fourth-order valence-corrected chi connectivity index (χ4v) is 1.64. The molecule has 7 heteroatoms. The summed E-state index contributed by atoms with van der Waals surface area (Å²) < 4.78 is 0.802. The van der Waals surface area contributed by atoms with Gasteiger partial charge in [-0.05, 0) is 12.1 Å². The van der Waals surface area contributed by atoms with Gasteiger partial charge in [0.05, 0.1) is 5.52 Å². The molecule has 0 radical (unpaired) electrons. The number of carbonyl (C=O) groups excluding carboxylic acids is 1. The Morgan fingerprint density at radius 2 is 1.95 bits per heavy atom. The summed E-state index contributed by atoms with van der Waals surface area (Å²) >= 11 is 0. The number of rotatable bonds is 1. The number of aromatic nitrogens is 1. The quantitative estimate of drug-likeness (QED) is 0.626. The minimum atomic E-state index is -0.958. The topological polar surface area (TPSA) is 100 Å². The van der Waals surface area contributed by atoms with Crippen LogP contribution in [0.2, 0.25) is 0 Å². The van der Waals surface area contributed by atoms with Gasteiger partial charge in [0.1, 0.15) is 5.75 Å². The van der Waals surface area contributed by atoms with Crippen LogP contribution in [0.15, 0.2) is 39.9 Å². The van der Waals surface area contributed by atoms with Crippen LogP contribution < -0.4 is 21.7 Å². The van der Waals surface area contributed by atoms with E-state index in [-0.39, 0.29) is 16.7 Å². The second kappa shape index (κ2) is 4.81. The van der Waals surface area contributed by atoms with Crippen LogP contribution in [-0.2, 0) is 0 Å². The monoisotopic (exact) mass is 261 g/mol. The van der Waals surface area contributed by atoms with Gasteiger partial charge >= 0.3 is 11.6 Å².